The predicted molar refractivity (Wildman–Crippen MR) is 64.9 cm³/mol. The van der Waals surface area contributed by atoms with Crippen LogP contribution in [0.15, 0.2) is 28.7 Å². The van der Waals surface area contributed by atoms with Crippen LogP contribution in [0.4, 0.5) is 0 Å². The minimum absolute atomic E-state index is 0.107. The molecule has 0 amide bonds. The maximum absolute atomic E-state index is 9.78. The van der Waals surface area contributed by atoms with Crippen molar-refractivity contribution in [3.63, 3.8) is 0 Å². The Hall–Kier alpha value is -0.380. The van der Waals surface area contributed by atoms with Gasteiger partial charge in [0.15, 0.2) is 0 Å². The van der Waals surface area contributed by atoms with Crippen LogP contribution < -0.4 is 0 Å². The Morgan fingerprint density at radius 1 is 1.33 bits per heavy atom. The van der Waals surface area contributed by atoms with E-state index < -0.39 is 0 Å². The second kappa shape index (κ2) is 6.26. The highest BCUT2D eigenvalue weighted by molar-refractivity contribution is 9.10. The van der Waals surface area contributed by atoms with E-state index in [1.165, 1.54) is 0 Å². The Labute approximate surface area is 99.4 Å². The maximum Gasteiger partial charge on any atom is 0.0605 e. The second-order valence-corrected chi connectivity index (χ2v) is 4.68. The summed E-state index contributed by atoms with van der Waals surface area (Å²) in [5.74, 6) is 0. The Bertz CT molecular complexity index is 284. The van der Waals surface area contributed by atoms with Crippen molar-refractivity contribution in [1.82, 2.24) is 0 Å². The average Bonchev–Trinajstić information content (AvgIpc) is 2.21. The minimum atomic E-state index is -0.332. The van der Waals surface area contributed by atoms with E-state index in [-0.39, 0.29) is 12.2 Å². The van der Waals surface area contributed by atoms with E-state index in [0.717, 1.165) is 10.0 Å². The lowest BCUT2D eigenvalue weighted by Gasteiger charge is -2.15. The van der Waals surface area contributed by atoms with Gasteiger partial charge < -0.3 is 9.84 Å². The average molecular weight is 273 g/mol. The van der Waals surface area contributed by atoms with Crippen LogP contribution in [0.3, 0.4) is 0 Å². The topological polar surface area (TPSA) is 29.5 Å². The molecule has 2 unspecified atom stereocenters. The molecule has 84 valence electrons. The number of rotatable bonds is 5. The first-order valence-corrected chi connectivity index (χ1v) is 5.86. The summed E-state index contributed by atoms with van der Waals surface area (Å²) >= 11 is 3.38. The summed E-state index contributed by atoms with van der Waals surface area (Å²) in [7, 11) is 1.66. The van der Waals surface area contributed by atoms with Gasteiger partial charge in [0.25, 0.3) is 0 Å². The second-order valence-electron chi connectivity index (χ2n) is 3.77. The van der Waals surface area contributed by atoms with Crippen LogP contribution in [0, 0.1) is 0 Å². The van der Waals surface area contributed by atoms with Gasteiger partial charge in [-0.15, -0.1) is 0 Å². The SMILES string of the molecule is COC(C)CC(O)Cc1ccc(Br)cc1. The first-order chi connectivity index (χ1) is 7.11. The van der Waals surface area contributed by atoms with E-state index in [1.807, 2.05) is 31.2 Å². The summed E-state index contributed by atoms with van der Waals surface area (Å²) < 4.78 is 6.17. The van der Waals surface area contributed by atoms with Gasteiger partial charge in [-0.05, 0) is 37.5 Å². The fraction of sp³-hybridized carbons (Fsp3) is 0.500. The lowest BCUT2D eigenvalue weighted by Crippen LogP contribution is -2.18. The molecular weight excluding hydrogens is 256 g/mol. The molecule has 0 bridgehead atoms. The Balaban J connectivity index is 2.44. The van der Waals surface area contributed by atoms with Gasteiger partial charge in [0.05, 0.1) is 12.2 Å². The maximum atomic E-state index is 9.78. The van der Waals surface area contributed by atoms with Crippen molar-refractivity contribution >= 4 is 15.9 Å². The van der Waals surface area contributed by atoms with Gasteiger partial charge in [-0.3, -0.25) is 0 Å². The van der Waals surface area contributed by atoms with E-state index in [4.69, 9.17) is 4.74 Å². The van der Waals surface area contributed by atoms with Gasteiger partial charge in [0, 0.05) is 11.6 Å². The fourth-order valence-electron chi connectivity index (χ4n) is 1.46. The monoisotopic (exact) mass is 272 g/mol. The molecule has 2 nitrogen and oxygen atoms in total. The molecule has 1 aromatic rings. The highest BCUT2D eigenvalue weighted by atomic mass is 79.9. The van der Waals surface area contributed by atoms with Gasteiger partial charge in [-0.25, -0.2) is 0 Å². The number of hydrogen-bond acceptors (Lipinski definition) is 2. The third-order valence-corrected chi connectivity index (χ3v) is 2.92. The number of ether oxygens (including phenoxy) is 1. The van der Waals surface area contributed by atoms with Gasteiger partial charge in [-0.1, -0.05) is 28.1 Å². The summed E-state index contributed by atoms with van der Waals surface area (Å²) in [6.45, 7) is 1.96. The zero-order valence-electron chi connectivity index (χ0n) is 9.11. The molecule has 0 saturated heterocycles. The molecule has 0 saturated carbocycles. The van der Waals surface area contributed by atoms with Crippen molar-refractivity contribution in [3.8, 4) is 0 Å². The van der Waals surface area contributed by atoms with E-state index >= 15 is 0 Å². The molecule has 1 N–H and O–H groups in total. The number of aliphatic hydroxyl groups is 1. The standard InChI is InChI=1S/C12H17BrO2/c1-9(15-2)7-12(14)8-10-3-5-11(13)6-4-10/h3-6,9,12,14H,7-8H2,1-2H3. The number of aliphatic hydroxyl groups excluding tert-OH is 1. The van der Waals surface area contributed by atoms with Crippen molar-refractivity contribution in [2.24, 2.45) is 0 Å². The normalized spacial score (nSPS) is 14.9. The van der Waals surface area contributed by atoms with Crippen molar-refractivity contribution < 1.29 is 9.84 Å². The van der Waals surface area contributed by atoms with E-state index in [1.54, 1.807) is 7.11 Å². The molecule has 0 radical (unpaired) electrons. The smallest absolute Gasteiger partial charge is 0.0605 e. The number of benzene rings is 1. The molecule has 2 atom stereocenters. The molecule has 3 heteroatoms. The molecular formula is C12H17BrO2. The van der Waals surface area contributed by atoms with E-state index in [9.17, 15) is 5.11 Å². The highest BCUT2D eigenvalue weighted by Gasteiger charge is 2.10. The molecule has 0 heterocycles. The molecule has 0 aromatic heterocycles. The number of halogens is 1. The molecule has 0 aliphatic carbocycles. The van der Waals surface area contributed by atoms with Gasteiger partial charge in [0.1, 0.15) is 0 Å². The van der Waals surface area contributed by atoms with Crippen molar-refractivity contribution in [3.05, 3.63) is 34.3 Å². The number of hydrogen-bond donors (Lipinski definition) is 1. The summed E-state index contributed by atoms with van der Waals surface area (Å²) in [6, 6.07) is 8.01. The van der Waals surface area contributed by atoms with Crippen LogP contribution in [-0.2, 0) is 11.2 Å². The minimum Gasteiger partial charge on any atom is -0.393 e. The Kier molecular flexibility index (Phi) is 5.29. The molecule has 15 heavy (non-hydrogen) atoms. The fourth-order valence-corrected chi connectivity index (χ4v) is 1.72. The third kappa shape index (κ3) is 4.78. The van der Waals surface area contributed by atoms with Crippen LogP contribution in [0.5, 0.6) is 0 Å². The Morgan fingerprint density at radius 3 is 2.47 bits per heavy atom. The quantitative estimate of drug-likeness (QED) is 0.893. The molecule has 1 aromatic carbocycles. The van der Waals surface area contributed by atoms with Crippen molar-refractivity contribution in [2.45, 2.75) is 32.0 Å². The first-order valence-electron chi connectivity index (χ1n) is 5.07. The molecule has 0 aliphatic rings. The third-order valence-electron chi connectivity index (χ3n) is 2.39. The lowest BCUT2D eigenvalue weighted by molar-refractivity contribution is 0.0565. The van der Waals surface area contributed by atoms with Crippen molar-refractivity contribution in [1.29, 1.82) is 0 Å². The van der Waals surface area contributed by atoms with E-state index in [2.05, 4.69) is 15.9 Å². The zero-order chi connectivity index (χ0) is 11.3. The zero-order valence-corrected chi connectivity index (χ0v) is 10.7. The van der Waals surface area contributed by atoms with Crippen molar-refractivity contribution in [2.75, 3.05) is 7.11 Å². The Morgan fingerprint density at radius 2 is 1.93 bits per heavy atom. The summed E-state index contributed by atoms with van der Waals surface area (Å²) in [5.41, 5.74) is 1.15. The molecule has 0 fully saturated rings. The van der Waals surface area contributed by atoms with Crippen LogP contribution in [0.2, 0.25) is 0 Å². The van der Waals surface area contributed by atoms with Crippen LogP contribution in [0.25, 0.3) is 0 Å². The summed E-state index contributed by atoms with van der Waals surface area (Å²) in [4.78, 5) is 0. The van der Waals surface area contributed by atoms with Crippen LogP contribution in [0.1, 0.15) is 18.9 Å². The van der Waals surface area contributed by atoms with Crippen LogP contribution in [-0.4, -0.2) is 24.4 Å². The molecule has 0 spiro atoms. The highest BCUT2D eigenvalue weighted by Crippen LogP contribution is 2.13. The first kappa shape index (κ1) is 12.7. The predicted octanol–water partition coefficient (Wildman–Crippen LogP) is 2.78. The lowest BCUT2D eigenvalue weighted by atomic mass is 10.0. The van der Waals surface area contributed by atoms with Gasteiger partial charge in [0.2, 0.25) is 0 Å². The number of methoxy groups -OCH3 is 1. The summed E-state index contributed by atoms with van der Waals surface area (Å²) in [6.07, 6.45) is 1.13. The van der Waals surface area contributed by atoms with E-state index in [0.29, 0.717) is 12.8 Å². The molecule has 1 rings (SSSR count). The van der Waals surface area contributed by atoms with Gasteiger partial charge in [-0.2, -0.15) is 0 Å². The van der Waals surface area contributed by atoms with Gasteiger partial charge >= 0.3 is 0 Å². The van der Waals surface area contributed by atoms with Crippen LogP contribution >= 0.6 is 15.9 Å². The summed E-state index contributed by atoms with van der Waals surface area (Å²) in [5, 5.41) is 9.78. The molecule has 0 aliphatic heterocycles. The largest absolute Gasteiger partial charge is 0.393 e.